The lowest BCUT2D eigenvalue weighted by Crippen LogP contribution is -2.14. The van der Waals surface area contributed by atoms with Crippen LogP contribution in [0.25, 0.3) is 0 Å². The number of thioether (sulfide) groups is 1. The van der Waals surface area contributed by atoms with E-state index in [1.807, 2.05) is 12.1 Å². The van der Waals surface area contributed by atoms with Crippen molar-refractivity contribution >= 4 is 57.9 Å². The number of amides is 1. The van der Waals surface area contributed by atoms with E-state index in [1.165, 1.54) is 41.3 Å². The minimum absolute atomic E-state index is 0.0105. The van der Waals surface area contributed by atoms with Crippen molar-refractivity contribution in [3.63, 3.8) is 0 Å². The third kappa shape index (κ3) is 4.66. The Labute approximate surface area is 134 Å². The minimum Gasteiger partial charge on any atom is -0.325 e. The molecule has 2 rings (SSSR count). The fourth-order valence-electron chi connectivity index (χ4n) is 1.44. The van der Waals surface area contributed by atoms with Gasteiger partial charge < -0.3 is 5.32 Å². The lowest BCUT2D eigenvalue weighted by atomic mass is 10.3. The minimum atomic E-state index is -0.506. The first-order valence-electron chi connectivity index (χ1n) is 5.61. The zero-order valence-corrected chi connectivity index (χ0v) is 13.3. The van der Waals surface area contributed by atoms with Crippen molar-refractivity contribution in [1.82, 2.24) is 0 Å². The van der Waals surface area contributed by atoms with Gasteiger partial charge in [-0.1, -0.05) is 23.2 Å². The Morgan fingerprint density at radius 1 is 1.30 bits per heavy atom. The summed E-state index contributed by atoms with van der Waals surface area (Å²) in [5.41, 5.74) is 0.487. The third-order valence-electron chi connectivity index (χ3n) is 2.31. The molecule has 1 N–H and O–H groups in total. The van der Waals surface area contributed by atoms with E-state index in [2.05, 4.69) is 5.32 Å². The summed E-state index contributed by atoms with van der Waals surface area (Å²) in [5.74, 6) is 0.383. The van der Waals surface area contributed by atoms with E-state index in [0.717, 1.165) is 15.0 Å². The molecule has 0 fully saturated rings. The van der Waals surface area contributed by atoms with Crippen molar-refractivity contribution in [2.75, 3.05) is 11.1 Å². The molecule has 0 spiro atoms. The number of nitrogens with one attached hydrogen (secondary N) is 1. The maximum absolute atomic E-state index is 13.0. The smallest absolute Gasteiger partial charge is 0.234 e. The SMILES string of the molecule is O=C(CSCc1ccc(Cl)s1)Nc1ccc(F)c(Cl)c1. The van der Waals surface area contributed by atoms with Crippen LogP contribution >= 0.6 is 46.3 Å². The van der Waals surface area contributed by atoms with Gasteiger partial charge in [0, 0.05) is 16.3 Å². The van der Waals surface area contributed by atoms with E-state index in [1.54, 1.807) is 0 Å². The monoisotopic (exact) mass is 349 g/mol. The number of carbonyl (C=O) groups is 1. The zero-order chi connectivity index (χ0) is 14.5. The van der Waals surface area contributed by atoms with Crippen molar-refractivity contribution in [1.29, 1.82) is 0 Å². The van der Waals surface area contributed by atoms with Crippen LogP contribution in [-0.2, 0) is 10.5 Å². The molecule has 1 heterocycles. The van der Waals surface area contributed by atoms with Gasteiger partial charge in [0.1, 0.15) is 5.82 Å². The maximum atomic E-state index is 13.0. The van der Waals surface area contributed by atoms with E-state index in [0.29, 0.717) is 11.4 Å². The first-order valence-corrected chi connectivity index (χ1v) is 8.34. The Hall–Kier alpha value is -0.750. The number of carbonyl (C=O) groups excluding carboxylic acids is 1. The quantitative estimate of drug-likeness (QED) is 0.816. The molecule has 1 aromatic heterocycles. The Morgan fingerprint density at radius 3 is 2.75 bits per heavy atom. The van der Waals surface area contributed by atoms with Crippen molar-refractivity contribution in [3.8, 4) is 0 Å². The Balaban J connectivity index is 1.79. The second-order valence-corrected chi connectivity index (χ2v) is 7.07. The van der Waals surface area contributed by atoms with Gasteiger partial charge in [-0.3, -0.25) is 4.79 Å². The highest BCUT2D eigenvalue weighted by atomic mass is 35.5. The molecule has 0 unspecified atom stereocenters. The van der Waals surface area contributed by atoms with Crippen LogP contribution in [0.2, 0.25) is 9.36 Å². The predicted molar refractivity (Wildman–Crippen MR) is 85.5 cm³/mol. The highest BCUT2D eigenvalue weighted by molar-refractivity contribution is 7.99. The van der Waals surface area contributed by atoms with Gasteiger partial charge in [-0.25, -0.2) is 4.39 Å². The molecule has 0 saturated heterocycles. The molecule has 1 amide bonds. The van der Waals surface area contributed by atoms with E-state index in [9.17, 15) is 9.18 Å². The molecule has 2 aromatic rings. The first kappa shape index (κ1) is 15.6. The number of hydrogen-bond donors (Lipinski definition) is 1. The van der Waals surface area contributed by atoms with Gasteiger partial charge in [-0.2, -0.15) is 0 Å². The van der Waals surface area contributed by atoms with E-state index in [4.69, 9.17) is 23.2 Å². The van der Waals surface area contributed by atoms with Crippen LogP contribution in [0, 0.1) is 5.82 Å². The number of benzene rings is 1. The molecule has 0 atom stereocenters. The Kier molecular flexibility index (Phi) is 5.72. The van der Waals surface area contributed by atoms with E-state index in [-0.39, 0.29) is 10.9 Å². The molecule has 0 radical (unpaired) electrons. The molecule has 0 aliphatic rings. The van der Waals surface area contributed by atoms with Crippen molar-refractivity contribution in [2.24, 2.45) is 0 Å². The molecule has 0 aliphatic carbocycles. The summed E-state index contributed by atoms with van der Waals surface area (Å²) >= 11 is 14.5. The summed E-state index contributed by atoms with van der Waals surface area (Å²) in [5, 5.41) is 2.66. The molecule has 0 saturated carbocycles. The standard InChI is InChI=1S/C13H10Cl2FNOS2/c14-10-5-8(1-3-11(10)16)17-13(18)7-19-6-9-2-4-12(15)20-9/h1-5H,6-7H2,(H,17,18). The summed E-state index contributed by atoms with van der Waals surface area (Å²) in [6.45, 7) is 0. The van der Waals surface area contributed by atoms with Gasteiger partial charge in [-0.05, 0) is 30.3 Å². The summed E-state index contributed by atoms with van der Waals surface area (Å²) in [6, 6.07) is 7.86. The fraction of sp³-hybridized carbons (Fsp3) is 0.154. The Morgan fingerprint density at radius 2 is 2.10 bits per heavy atom. The van der Waals surface area contributed by atoms with Gasteiger partial charge in [0.25, 0.3) is 0 Å². The molecule has 0 bridgehead atoms. The number of hydrogen-bond acceptors (Lipinski definition) is 3. The molecule has 7 heteroatoms. The molecular weight excluding hydrogens is 340 g/mol. The van der Waals surface area contributed by atoms with E-state index >= 15 is 0 Å². The molecule has 106 valence electrons. The van der Waals surface area contributed by atoms with Gasteiger partial charge in [0.05, 0.1) is 15.1 Å². The maximum Gasteiger partial charge on any atom is 0.234 e. The van der Waals surface area contributed by atoms with Crippen molar-refractivity contribution < 1.29 is 9.18 Å². The average molecular weight is 350 g/mol. The van der Waals surface area contributed by atoms with E-state index < -0.39 is 5.82 Å². The van der Waals surface area contributed by atoms with Gasteiger partial charge in [-0.15, -0.1) is 23.1 Å². The lowest BCUT2D eigenvalue weighted by molar-refractivity contribution is -0.113. The number of rotatable bonds is 5. The van der Waals surface area contributed by atoms with Crippen LogP contribution in [0.3, 0.4) is 0 Å². The van der Waals surface area contributed by atoms with Gasteiger partial charge >= 0.3 is 0 Å². The summed E-state index contributed by atoms with van der Waals surface area (Å²) < 4.78 is 13.7. The summed E-state index contributed by atoms with van der Waals surface area (Å²) in [6.07, 6.45) is 0. The Bertz CT molecular complexity index is 618. The van der Waals surface area contributed by atoms with Crippen LogP contribution in [0.5, 0.6) is 0 Å². The van der Waals surface area contributed by atoms with Crippen LogP contribution < -0.4 is 5.32 Å². The fourth-order valence-corrected chi connectivity index (χ4v) is 3.65. The number of thiophene rings is 1. The van der Waals surface area contributed by atoms with Crippen molar-refractivity contribution in [2.45, 2.75) is 5.75 Å². The van der Waals surface area contributed by atoms with Crippen molar-refractivity contribution in [3.05, 3.63) is 50.4 Å². The molecule has 2 nitrogen and oxygen atoms in total. The van der Waals surface area contributed by atoms with Crippen LogP contribution in [0.4, 0.5) is 10.1 Å². The summed E-state index contributed by atoms with van der Waals surface area (Å²) in [7, 11) is 0. The van der Waals surface area contributed by atoms with Gasteiger partial charge in [0.15, 0.2) is 0 Å². The summed E-state index contributed by atoms with van der Waals surface area (Å²) in [4.78, 5) is 12.8. The molecule has 1 aromatic carbocycles. The molecule has 0 aliphatic heterocycles. The van der Waals surface area contributed by atoms with Gasteiger partial charge in [0.2, 0.25) is 5.91 Å². The first-order chi connectivity index (χ1) is 9.54. The largest absolute Gasteiger partial charge is 0.325 e. The highest BCUT2D eigenvalue weighted by Gasteiger charge is 2.06. The normalized spacial score (nSPS) is 10.6. The third-order valence-corrected chi connectivity index (χ3v) is 4.99. The predicted octanol–water partition coefficient (Wildman–Crippen LogP) is 5.07. The second-order valence-electron chi connectivity index (χ2n) is 3.88. The highest BCUT2D eigenvalue weighted by Crippen LogP contribution is 2.25. The second kappa shape index (κ2) is 7.31. The molecule has 20 heavy (non-hydrogen) atoms. The van der Waals surface area contributed by atoms with Crippen LogP contribution in [-0.4, -0.2) is 11.7 Å². The topological polar surface area (TPSA) is 29.1 Å². The van der Waals surface area contributed by atoms with Crippen LogP contribution in [0.1, 0.15) is 4.88 Å². The molecular formula is C13H10Cl2FNOS2. The number of anilines is 1. The zero-order valence-electron chi connectivity index (χ0n) is 10.2. The number of halogens is 3. The van der Waals surface area contributed by atoms with Crippen LogP contribution in [0.15, 0.2) is 30.3 Å². The average Bonchev–Trinajstić information content (AvgIpc) is 2.80. The lowest BCUT2D eigenvalue weighted by Gasteiger charge is -2.05.